The Balaban J connectivity index is 2.87. The highest BCUT2D eigenvalue weighted by Gasteiger charge is 2.22. The fourth-order valence-corrected chi connectivity index (χ4v) is 2.93. The third-order valence-corrected chi connectivity index (χ3v) is 4.32. The molecule has 0 radical (unpaired) electrons. The van der Waals surface area contributed by atoms with Crippen LogP contribution in [-0.4, -0.2) is 26.6 Å². The average molecular weight is 284 g/mol. The standard InChI is InChI=1S/C13H20N2O3S/c1-9(2)7-15-12(16)8-19(17,18)11-6-4-5-10(3)13(11)14/h4-6,9H,7-8,14H2,1-3H3,(H,15,16). The van der Waals surface area contributed by atoms with Crippen LogP contribution in [0.3, 0.4) is 0 Å². The summed E-state index contributed by atoms with van der Waals surface area (Å²) in [6.07, 6.45) is 0. The second-order valence-corrected chi connectivity index (χ2v) is 6.90. The number of aryl methyl sites for hydroxylation is 1. The lowest BCUT2D eigenvalue weighted by Gasteiger charge is -2.10. The van der Waals surface area contributed by atoms with E-state index in [1.54, 1.807) is 19.1 Å². The van der Waals surface area contributed by atoms with E-state index in [0.717, 1.165) is 0 Å². The van der Waals surface area contributed by atoms with E-state index in [1.165, 1.54) is 6.07 Å². The molecule has 106 valence electrons. The zero-order valence-electron chi connectivity index (χ0n) is 11.4. The van der Waals surface area contributed by atoms with Crippen LogP contribution in [0.1, 0.15) is 19.4 Å². The molecule has 0 fully saturated rings. The lowest BCUT2D eigenvalue weighted by molar-refractivity contribution is -0.118. The Hall–Kier alpha value is -1.56. The second-order valence-electron chi connectivity index (χ2n) is 4.94. The largest absolute Gasteiger partial charge is 0.397 e. The second kappa shape index (κ2) is 6.06. The predicted octanol–water partition coefficient (Wildman–Crippen LogP) is 1.12. The maximum Gasteiger partial charge on any atom is 0.235 e. The van der Waals surface area contributed by atoms with Crippen LogP contribution in [-0.2, 0) is 14.6 Å². The fourth-order valence-electron chi connectivity index (χ4n) is 1.54. The number of benzene rings is 1. The van der Waals surface area contributed by atoms with Crippen molar-refractivity contribution >= 4 is 21.4 Å². The average Bonchev–Trinajstić information content (AvgIpc) is 2.29. The topological polar surface area (TPSA) is 89.3 Å². The van der Waals surface area contributed by atoms with Crippen LogP contribution in [0.4, 0.5) is 5.69 Å². The van der Waals surface area contributed by atoms with Gasteiger partial charge in [-0.05, 0) is 24.5 Å². The molecule has 1 aromatic rings. The molecule has 0 aliphatic carbocycles. The van der Waals surface area contributed by atoms with Gasteiger partial charge < -0.3 is 11.1 Å². The van der Waals surface area contributed by atoms with E-state index < -0.39 is 21.5 Å². The van der Waals surface area contributed by atoms with E-state index in [9.17, 15) is 13.2 Å². The van der Waals surface area contributed by atoms with Crippen molar-refractivity contribution in [3.63, 3.8) is 0 Å². The molecule has 0 saturated carbocycles. The van der Waals surface area contributed by atoms with Gasteiger partial charge in [0.15, 0.2) is 9.84 Å². The monoisotopic (exact) mass is 284 g/mol. The van der Waals surface area contributed by atoms with Crippen LogP contribution in [0.2, 0.25) is 0 Å². The van der Waals surface area contributed by atoms with Gasteiger partial charge in [0.05, 0.1) is 10.6 Å². The number of carbonyl (C=O) groups is 1. The number of sulfone groups is 1. The molecule has 5 nitrogen and oxygen atoms in total. The number of nitrogens with two attached hydrogens (primary N) is 1. The fraction of sp³-hybridized carbons (Fsp3) is 0.462. The van der Waals surface area contributed by atoms with Crippen LogP contribution in [0, 0.1) is 12.8 Å². The Bertz CT molecular complexity index is 565. The lowest BCUT2D eigenvalue weighted by Crippen LogP contribution is -2.33. The molecule has 1 amide bonds. The zero-order valence-corrected chi connectivity index (χ0v) is 12.3. The smallest absolute Gasteiger partial charge is 0.235 e. The van der Waals surface area contributed by atoms with E-state index >= 15 is 0 Å². The number of hydrogen-bond donors (Lipinski definition) is 2. The van der Waals surface area contributed by atoms with Crippen molar-refractivity contribution in [1.29, 1.82) is 0 Å². The van der Waals surface area contributed by atoms with Gasteiger partial charge >= 0.3 is 0 Å². The Morgan fingerprint density at radius 3 is 2.58 bits per heavy atom. The van der Waals surface area contributed by atoms with Gasteiger partial charge in [0.2, 0.25) is 5.91 Å². The molecule has 0 aromatic heterocycles. The van der Waals surface area contributed by atoms with E-state index in [4.69, 9.17) is 5.73 Å². The lowest BCUT2D eigenvalue weighted by atomic mass is 10.2. The molecule has 0 aliphatic rings. The summed E-state index contributed by atoms with van der Waals surface area (Å²) in [6.45, 7) is 6.06. The molecule has 0 unspecified atom stereocenters. The van der Waals surface area contributed by atoms with Gasteiger partial charge in [0.25, 0.3) is 0 Å². The number of amides is 1. The minimum atomic E-state index is -3.70. The Morgan fingerprint density at radius 1 is 1.37 bits per heavy atom. The Labute approximate surface area is 114 Å². The van der Waals surface area contributed by atoms with Crippen LogP contribution < -0.4 is 11.1 Å². The summed E-state index contributed by atoms with van der Waals surface area (Å²) in [6, 6.07) is 4.77. The van der Waals surface area contributed by atoms with Gasteiger partial charge in [-0.25, -0.2) is 8.42 Å². The van der Waals surface area contributed by atoms with E-state index in [2.05, 4.69) is 5.32 Å². The number of anilines is 1. The molecule has 3 N–H and O–H groups in total. The first-order valence-corrected chi connectivity index (χ1v) is 7.74. The molecule has 0 saturated heterocycles. The molecule has 1 rings (SSSR count). The molecule has 0 bridgehead atoms. The summed E-state index contributed by atoms with van der Waals surface area (Å²) in [5.74, 6) is -0.807. The van der Waals surface area contributed by atoms with Crippen molar-refractivity contribution in [3.05, 3.63) is 23.8 Å². The summed E-state index contributed by atoms with van der Waals surface area (Å²) in [5, 5.41) is 2.58. The summed E-state index contributed by atoms with van der Waals surface area (Å²) >= 11 is 0. The van der Waals surface area contributed by atoms with Crippen LogP contribution >= 0.6 is 0 Å². The highest BCUT2D eigenvalue weighted by molar-refractivity contribution is 7.92. The van der Waals surface area contributed by atoms with E-state index in [1.807, 2.05) is 13.8 Å². The zero-order chi connectivity index (χ0) is 14.6. The van der Waals surface area contributed by atoms with Gasteiger partial charge in [0.1, 0.15) is 5.75 Å². The molecule has 6 heteroatoms. The maximum atomic E-state index is 12.1. The molecule has 0 heterocycles. The quantitative estimate of drug-likeness (QED) is 0.793. The van der Waals surface area contributed by atoms with Crippen molar-refractivity contribution in [2.45, 2.75) is 25.7 Å². The molecule has 1 aromatic carbocycles. The summed E-state index contributed by atoms with van der Waals surface area (Å²) in [4.78, 5) is 11.6. The van der Waals surface area contributed by atoms with Gasteiger partial charge in [0, 0.05) is 6.54 Å². The van der Waals surface area contributed by atoms with Crippen molar-refractivity contribution in [1.82, 2.24) is 5.32 Å². The van der Waals surface area contributed by atoms with Crippen LogP contribution in [0.5, 0.6) is 0 Å². The Kier molecular flexibility index (Phi) is 4.94. The summed E-state index contributed by atoms with van der Waals surface area (Å²) < 4.78 is 24.2. The molecule has 0 spiro atoms. The molecular formula is C13H20N2O3S. The van der Waals surface area contributed by atoms with Crippen molar-refractivity contribution < 1.29 is 13.2 Å². The van der Waals surface area contributed by atoms with Gasteiger partial charge in [-0.1, -0.05) is 26.0 Å². The molecule has 0 atom stereocenters. The van der Waals surface area contributed by atoms with Crippen molar-refractivity contribution in [3.8, 4) is 0 Å². The highest BCUT2D eigenvalue weighted by Crippen LogP contribution is 2.22. The van der Waals surface area contributed by atoms with Crippen LogP contribution in [0.15, 0.2) is 23.1 Å². The van der Waals surface area contributed by atoms with Crippen molar-refractivity contribution in [2.24, 2.45) is 5.92 Å². The van der Waals surface area contributed by atoms with E-state index in [-0.39, 0.29) is 16.5 Å². The first kappa shape index (κ1) is 15.5. The molecule has 19 heavy (non-hydrogen) atoms. The number of carbonyl (C=O) groups excluding carboxylic acids is 1. The first-order chi connectivity index (χ1) is 8.74. The van der Waals surface area contributed by atoms with Crippen LogP contribution in [0.25, 0.3) is 0 Å². The van der Waals surface area contributed by atoms with Gasteiger partial charge in [-0.3, -0.25) is 4.79 Å². The van der Waals surface area contributed by atoms with E-state index in [0.29, 0.717) is 12.1 Å². The minimum Gasteiger partial charge on any atom is -0.397 e. The number of nitrogens with one attached hydrogen (secondary N) is 1. The predicted molar refractivity (Wildman–Crippen MR) is 75.5 cm³/mol. The molecule has 0 aliphatic heterocycles. The third-order valence-electron chi connectivity index (χ3n) is 2.65. The first-order valence-electron chi connectivity index (χ1n) is 6.08. The van der Waals surface area contributed by atoms with Gasteiger partial charge in [-0.2, -0.15) is 0 Å². The maximum absolute atomic E-state index is 12.1. The number of nitrogen functional groups attached to an aromatic ring is 1. The number of para-hydroxylation sites is 1. The Morgan fingerprint density at radius 2 is 2.00 bits per heavy atom. The van der Waals surface area contributed by atoms with Crippen molar-refractivity contribution in [2.75, 3.05) is 18.0 Å². The third kappa shape index (κ3) is 4.24. The highest BCUT2D eigenvalue weighted by atomic mass is 32.2. The minimum absolute atomic E-state index is 0.0206. The summed E-state index contributed by atoms with van der Waals surface area (Å²) in [7, 11) is -3.70. The number of hydrogen-bond acceptors (Lipinski definition) is 4. The normalized spacial score (nSPS) is 11.6. The number of rotatable bonds is 5. The van der Waals surface area contributed by atoms with Gasteiger partial charge in [-0.15, -0.1) is 0 Å². The SMILES string of the molecule is Cc1cccc(S(=O)(=O)CC(=O)NCC(C)C)c1N. The molecular weight excluding hydrogens is 264 g/mol. The summed E-state index contributed by atoms with van der Waals surface area (Å²) in [5.41, 5.74) is 6.65.